The molecule has 108 valence electrons. The van der Waals surface area contributed by atoms with Crippen molar-refractivity contribution in [2.45, 2.75) is 18.5 Å². The fourth-order valence-corrected chi connectivity index (χ4v) is 2.90. The summed E-state index contributed by atoms with van der Waals surface area (Å²) < 4.78 is 1.05. The molecule has 1 fully saturated rings. The van der Waals surface area contributed by atoms with Crippen LogP contribution in [0.2, 0.25) is 0 Å². The Morgan fingerprint density at radius 1 is 1.05 bits per heavy atom. The SMILES string of the molecule is O=C1NCC[C@H]1N[C@H](c1ccccc1)c1ccc(Br)cc1. The monoisotopic (exact) mass is 344 g/mol. The molecule has 2 aromatic rings. The lowest BCUT2D eigenvalue weighted by atomic mass is 9.97. The molecule has 1 aliphatic rings. The number of carbonyl (C=O) groups is 1. The molecule has 1 amide bonds. The minimum absolute atomic E-state index is 0.0214. The van der Waals surface area contributed by atoms with E-state index in [1.165, 1.54) is 5.56 Å². The highest BCUT2D eigenvalue weighted by Crippen LogP contribution is 2.25. The van der Waals surface area contributed by atoms with E-state index >= 15 is 0 Å². The summed E-state index contributed by atoms with van der Waals surface area (Å²) in [5, 5.41) is 6.37. The largest absolute Gasteiger partial charge is 0.355 e. The summed E-state index contributed by atoms with van der Waals surface area (Å²) >= 11 is 3.46. The van der Waals surface area contributed by atoms with Crippen molar-refractivity contribution in [3.63, 3.8) is 0 Å². The van der Waals surface area contributed by atoms with E-state index in [4.69, 9.17) is 0 Å². The molecule has 0 saturated carbocycles. The molecule has 2 atom stereocenters. The summed E-state index contributed by atoms with van der Waals surface area (Å²) in [6.45, 7) is 0.748. The van der Waals surface area contributed by atoms with Crippen LogP contribution < -0.4 is 10.6 Å². The van der Waals surface area contributed by atoms with Crippen LogP contribution in [0.5, 0.6) is 0 Å². The smallest absolute Gasteiger partial charge is 0.237 e. The lowest BCUT2D eigenvalue weighted by molar-refractivity contribution is -0.121. The number of halogens is 1. The molecule has 0 radical (unpaired) electrons. The van der Waals surface area contributed by atoms with Crippen LogP contribution in [0.1, 0.15) is 23.6 Å². The van der Waals surface area contributed by atoms with Crippen molar-refractivity contribution in [2.24, 2.45) is 0 Å². The van der Waals surface area contributed by atoms with Crippen LogP contribution in [0.25, 0.3) is 0 Å². The molecule has 1 heterocycles. The standard InChI is InChI=1S/C17H17BrN2O/c18-14-8-6-13(7-9-14)16(12-4-2-1-3-5-12)20-15-10-11-19-17(15)21/h1-9,15-16,20H,10-11H2,(H,19,21)/t15-,16-/m1/s1. The average molecular weight is 345 g/mol. The van der Waals surface area contributed by atoms with Gasteiger partial charge in [0.25, 0.3) is 0 Å². The average Bonchev–Trinajstić information content (AvgIpc) is 2.92. The predicted octanol–water partition coefficient (Wildman–Crippen LogP) is 3.02. The van der Waals surface area contributed by atoms with Crippen molar-refractivity contribution in [1.82, 2.24) is 10.6 Å². The Kier molecular flexibility index (Phi) is 4.36. The summed E-state index contributed by atoms with van der Waals surface area (Å²) in [4.78, 5) is 11.8. The Morgan fingerprint density at radius 3 is 2.33 bits per heavy atom. The molecule has 0 bridgehead atoms. The number of hydrogen-bond donors (Lipinski definition) is 2. The van der Waals surface area contributed by atoms with Crippen LogP contribution >= 0.6 is 15.9 Å². The molecular weight excluding hydrogens is 328 g/mol. The highest BCUT2D eigenvalue weighted by Gasteiger charge is 2.27. The van der Waals surface area contributed by atoms with Gasteiger partial charge in [-0.3, -0.25) is 10.1 Å². The first kappa shape index (κ1) is 14.3. The van der Waals surface area contributed by atoms with Crippen molar-refractivity contribution < 1.29 is 4.79 Å². The Morgan fingerprint density at radius 2 is 1.71 bits per heavy atom. The van der Waals surface area contributed by atoms with Crippen molar-refractivity contribution in [3.05, 3.63) is 70.2 Å². The summed E-state index contributed by atoms with van der Waals surface area (Å²) in [7, 11) is 0. The van der Waals surface area contributed by atoms with E-state index in [1.54, 1.807) is 0 Å². The lowest BCUT2D eigenvalue weighted by Crippen LogP contribution is -2.39. The molecule has 3 nitrogen and oxygen atoms in total. The molecule has 4 heteroatoms. The zero-order valence-corrected chi connectivity index (χ0v) is 13.1. The minimum atomic E-state index is -0.126. The fraction of sp³-hybridized carbons (Fsp3) is 0.235. The highest BCUT2D eigenvalue weighted by molar-refractivity contribution is 9.10. The van der Waals surface area contributed by atoms with Crippen LogP contribution in [0.3, 0.4) is 0 Å². The normalized spacial score (nSPS) is 19.3. The van der Waals surface area contributed by atoms with Gasteiger partial charge in [0, 0.05) is 11.0 Å². The van der Waals surface area contributed by atoms with Crippen LogP contribution in [-0.4, -0.2) is 18.5 Å². The van der Waals surface area contributed by atoms with Crippen LogP contribution in [0, 0.1) is 0 Å². The zero-order chi connectivity index (χ0) is 14.7. The zero-order valence-electron chi connectivity index (χ0n) is 11.6. The second kappa shape index (κ2) is 6.41. The number of carbonyl (C=O) groups excluding carboxylic acids is 1. The van der Waals surface area contributed by atoms with Crippen LogP contribution in [-0.2, 0) is 4.79 Å². The minimum Gasteiger partial charge on any atom is -0.355 e. The van der Waals surface area contributed by atoms with Gasteiger partial charge < -0.3 is 5.32 Å². The molecule has 2 N–H and O–H groups in total. The molecule has 0 aromatic heterocycles. The first-order valence-corrected chi connectivity index (χ1v) is 7.87. The van der Waals surface area contributed by atoms with Crippen LogP contribution in [0.4, 0.5) is 0 Å². The predicted molar refractivity (Wildman–Crippen MR) is 87.0 cm³/mol. The van der Waals surface area contributed by atoms with Gasteiger partial charge in [0.2, 0.25) is 5.91 Å². The van der Waals surface area contributed by atoms with Gasteiger partial charge >= 0.3 is 0 Å². The molecule has 2 aromatic carbocycles. The first-order chi connectivity index (χ1) is 10.2. The van der Waals surface area contributed by atoms with Gasteiger partial charge in [0.15, 0.2) is 0 Å². The van der Waals surface area contributed by atoms with Crippen molar-refractivity contribution in [2.75, 3.05) is 6.54 Å². The van der Waals surface area contributed by atoms with E-state index in [9.17, 15) is 4.79 Å². The third-order valence-electron chi connectivity index (χ3n) is 3.75. The summed E-state index contributed by atoms with van der Waals surface area (Å²) in [5.74, 6) is 0.0908. The second-order valence-electron chi connectivity index (χ2n) is 5.19. The maximum Gasteiger partial charge on any atom is 0.237 e. The first-order valence-electron chi connectivity index (χ1n) is 7.08. The summed E-state index contributed by atoms with van der Waals surface area (Å²) in [6.07, 6.45) is 0.832. The number of benzene rings is 2. The van der Waals surface area contributed by atoms with Gasteiger partial charge in [-0.1, -0.05) is 58.4 Å². The van der Waals surface area contributed by atoms with Gasteiger partial charge in [0.1, 0.15) is 0 Å². The third kappa shape index (κ3) is 3.34. The number of nitrogens with one attached hydrogen (secondary N) is 2. The Labute approximate surface area is 132 Å². The number of hydrogen-bond acceptors (Lipinski definition) is 2. The van der Waals surface area contributed by atoms with Gasteiger partial charge in [-0.05, 0) is 29.7 Å². The van der Waals surface area contributed by atoms with E-state index in [0.29, 0.717) is 0 Å². The Balaban J connectivity index is 1.91. The maximum atomic E-state index is 11.8. The highest BCUT2D eigenvalue weighted by atomic mass is 79.9. The third-order valence-corrected chi connectivity index (χ3v) is 4.28. The van der Waals surface area contributed by atoms with Crippen LogP contribution in [0.15, 0.2) is 59.1 Å². The van der Waals surface area contributed by atoms with E-state index in [2.05, 4.69) is 50.8 Å². The van der Waals surface area contributed by atoms with Gasteiger partial charge in [0.05, 0.1) is 12.1 Å². The molecule has 0 aliphatic carbocycles. The fourth-order valence-electron chi connectivity index (χ4n) is 2.64. The van der Waals surface area contributed by atoms with E-state index in [1.807, 2.05) is 30.3 Å². The van der Waals surface area contributed by atoms with Crippen molar-refractivity contribution in [3.8, 4) is 0 Å². The lowest BCUT2D eigenvalue weighted by Gasteiger charge is -2.23. The second-order valence-corrected chi connectivity index (χ2v) is 6.11. The molecule has 0 spiro atoms. The summed E-state index contributed by atoms with van der Waals surface area (Å²) in [5.41, 5.74) is 2.32. The van der Waals surface area contributed by atoms with Gasteiger partial charge in [-0.2, -0.15) is 0 Å². The molecule has 3 rings (SSSR count). The van der Waals surface area contributed by atoms with Crippen molar-refractivity contribution >= 4 is 21.8 Å². The van der Waals surface area contributed by atoms with Gasteiger partial charge in [-0.15, -0.1) is 0 Å². The molecular formula is C17H17BrN2O. The molecule has 0 unspecified atom stereocenters. The quantitative estimate of drug-likeness (QED) is 0.894. The number of rotatable bonds is 4. The Bertz CT molecular complexity index is 612. The van der Waals surface area contributed by atoms with E-state index in [-0.39, 0.29) is 18.0 Å². The summed E-state index contributed by atoms with van der Waals surface area (Å²) in [6, 6.07) is 18.4. The van der Waals surface area contributed by atoms with Gasteiger partial charge in [-0.25, -0.2) is 0 Å². The van der Waals surface area contributed by atoms with E-state index < -0.39 is 0 Å². The Hall–Kier alpha value is -1.65. The maximum absolute atomic E-state index is 11.8. The topological polar surface area (TPSA) is 41.1 Å². The molecule has 21 heavy (non-hydrogen) atoms. The molecule has 1 aliphatic heterocycles. The number of amides is 1. The molecule has 1 saturated heterocycles. The van der Waals surface area contributed by atoms with Crippen molar-refractivity contribution in [1.29, 1.82) is 0 Å². The van der Waals surface area contributed by atoms with E-state index in [0.717, 1.165) is 23.0 Å².